The standard InChI is InChI=1S/C21H27N5O2/c1-2-17-15-19(24-20(23-17)18-5-3-4-8-22-18)25-9-6-16(7-10-25)21(27)26-11-13-28-14-12-26/h3-5,8,15-16H,2,6-7,9-14H2,1H3. The minimum atomic E-state index is 0.108. The van der Waals surface area contributed by atoms with Crippen molar-refractivity contribution in [3.63, 3.8) is 0 Å². The molecule has 0 atom stereocenters. The summed E-state index contributed by atoms with van der Waals surface area (Å²) in [6, 6.07) is 7.85. The minimum absolute atomic E-state index is 0.108. The normalized spacial score (nSPS) is 18.3. The molecule has 148 valence electrons. The van der Waals surface area contributed by atoms with E-state index in [2.05, 4.69) is 27.9 Å². The van der Waals surface area contributed by atoms with Crippen LogP contribution >= 0.6 is 0 Å². The Labute approximate surface area is 165 Å². The van der Waals surface area contributed by atoms with Crippen molar-refractivity contribution in [2.24, 2.45) is 5.92 Å². The van der Waals surface area contributed by atoms with Crippen molar-refractivity contribution >= 4 is 11.7 Å². The molecule has 0 saturated carbocycles. The number of carbonyl (C=O) groups is 1. The first kappa shape index (κ1) is 18.8. The monoisotopic (exact) mass is 381 g/mol. The van der Waals surface area contributed by atoms with E-state index in [1.54, 1.807) is 6.20 Å². The fourth-order valence-corrected chi connectivity index (χ4v) is 3.83. The summed E-state index contributed by atoms with van der Waals surface area (Å²) in [6.45, 7) is 6.52. The summed E-state index contributed by atoms with van der Waals surface area (Å²) in [5.74, 6) is 2.00. The summed E-state index contributed by atoms with van der Waals surface area (Å²) in [5.41, 5.74) is 1.80. The van der Waals surface area contributed by atoms with Gasteiger partial charge in [0.1, 0.15) is 11.5 Å². The summed E-state index contributed by atoms with van der Waals surface area (Å²) >= 11 is 0. The first-order valence-corrected chi connectivity index (χ1v) is 10.2. The first-order valence-electron chi connectivity index (χ1n) is 10.2. The van der Waals surface area contributed by atoms with Gasteiger partial charge in [0.2, 0.25) is 5.91 Å². The molecular formula is C21H27N5O2. The van der Waals surface area contributed by atoms with Crippen molar-refractivity contribution in [3.05, 3.63) is 36.2 Å². The van der Waals surface area contributed by atoms with Crippen LogP contribution in [0.15, 0.2) is 30.5 Å². The van der Waals surface area contributed by atoms with E-state index in [-0.39, 0.29) is 11.8 Å². The van der Waals surface area contributed by atoms with E-state index >= 15 is 0 Å². The maximum atomic E-state index is 12.8. The van der Waals surface area contributed by atoms with Crippen LogP contribution in [0, 0.1) is 5.92 Å². The molecule has 28 heavy (non-hydrogen) atoms. The molecule has 0 spiro atoms. The first-order chi connectivity index (χ1) is 13.7. The van der Waals surface area contributed by atoms with Crippen LogP contribution in [0.5, 0.6) is 0 Å². The maximum Gasteiger partial charge on any atom is 0.225 e. The molecule has 7 heteroatoms. The van der Waals surface area contributed by atoms with Gasteiger partial charge in [0.15, 0.2) is 5.82 Å². The van der Waals surface area contributed by atoms with Crippen LogP contribution in [0.2, 0.25) is 0 Å². The summed E-state index contributed by atoms with van der Waals surface area (Å²) in [6.07, 6.45) is 4.34. The number of hydrogen-bond acceptors (Lipinski definition) is 6. The van der Waals surface area contributed by atoms with Crippen molar-refractivity contribution in [1.29, 1.82) is 0 Å². The van der Waals surface area contributed by atoms with Gasteiger partial charge in [-0.1, -0.05) is 13.0 Å². The number of anilines is 1. The van der Waals surface area contributed by atoms with Crippen LogP contribution in [0.4, 0.5) is 5.82 Å². The molecule has 2 aromatic rings. The highest BCUT2D eigenvalue weighted by Crippen LogP contribution is 2.26. The van der Waals surface area contributed by atoms with E-state index in [9.17, 15) is 4.79 Å². The number of rotatable bonds is 4. The Kier molecular flexibility index (Phi) is 5.81. The van der Waals surface area contributed by atoms with Gasteiger partial charge in [0.05, 0.1) is 13.2 Å². The average molecular weight is 381 g/mol. The van der Waals surface area contributed by atoms with E-state index in [1.165, 1.54) is 0 Å². The Hall–Kier alpha value is -2.54. The zero-order chi connectivity index (χ0) is 19.3. The molecule has 4 heterocycles. The van der Waals surface area contributed by atoms with Crippen LogP contribution in [0.1, 0.15) is 25.5 Å². The number of amides is 1. The van der Waals surface area contributed by atoms with Gasteiger partial charge in [-0.25, -0.2) is 9.97 Å². The second-order valence-electron chi connectivity index (χ2n) is 7.31. The number of pyridine rings is 1. The van der Waals surface area contributed by atoms with Crippen LogP contribution < -0.4 is 4.90 Å². The highest BCUT2D eigenvalue weighted by molar-refractivity contribution is 5.79. The minimum Gasteiger partial charge on any atom is -0.378 e. The summed E-state index contributed by atoms with van der Waals surface area (Å²) < 4.78 is 5.36. The predicted molar refractivity (Wildman–Crippen MR) is 107 cm³/mol. The van der Waals surface area contributed by atoms with Crippen LogP contribution in [0.25, 0.3) is 11.5 Å². The molecule has 0 aliphatic carbocycles. The number of aryl methyl sites for hydroxylation is 1. The van der Waals surface area contributed by atoms with Crippen molar-refractivity contribution in [2.45, 2.75) is 26.2 Å². The van der Waals surface area contributed by atoms with E-state index in [1.807, 2.05) is 23.1 Å². The Bertz CT molecular complexity index is 800. The number of piperidine rings is 1. The zero-order valence-corrected chi connectivity index (χ0v) is 16.4. The quantitative estimate of drug-likeness (QED) is 0.808. The van der Waals surface area contributed by atoms with Crippen molar-refractivity contribution in [1.82, 2.24) is 19.9 Å². The Morgan fingerprint density at radius 3 is 2.61 bits per heavy atom. The molecule has 2 fully saturated rings. The summed E-state index contributed by atoms with van der Waals surface area (Å²) in [7, 11) is 0. The number of nitrogens with zero attached hydrogens (tertiary/aromatic N) is 5. The molecule has 0 bridgehead atoms. The van der Waals surface area contributed by atoms with Gasteiger partial charge in [0, 0.05) is 50.1 Å². The van der Waals surface area contributed by atoms with E-state index in [0.717, 1.165) is 62.6 Å². The van der Waals surface area contributed by atoms with Crippen LogP contribution in [0.3, 0.4) is 0 Å². The molecule has 2 saturated heterocycles. The lowest BCUT2D eigenvalue weighted by atomic mass is 9.95. The average Bonchev–Trinajstić information content (AvgIpc) is 2.79. The number of ether oxygens (including phenoxy) is 1. The number of morpholine rings is 1. The third kappa shape index (κ3) is 4.14. The van der Waals surface area contributed by atoms with Gasteiger partial charge in [-0.3, -0.25) is 9.78 Å². The van der Waals surface area contributed by atoms with Gasteiger partial charge in [-0.05, 0) is 31.4 Å². The van der Waals surface area contributed by atoms with Crippen molar-refractivity contribution in [3.8, 4) is 11.5 Å². The number of carbonyl (C=O) groups excluding carboxylic acids is 1. The lowest BCUT2D eigenvalue weighted by molar-refractivity contribution is -0.140. The number of aromatic nitrogens is 3. The SMILES string of the molecule is CCc1cc(N2CCC(C(=O)N3CCOCC3)CC2)nc(-c2ccccn2)n1. The third-order valence-electron chi connectivity index (χ3n) is 5.51. The second kappa shape index (κ2) is 8.65. The molecule has 7 nitrogen and oxygen atoms in total. The molecule has 1 amide bonds. The van der Waals surface area contributed by atoms with Gasteiger partial charge in [-0.2, -0.15) is 0 Å². The van der Waals surface area contributed by atoms with Gasteiger partial charge >= 0.3 is 0 Å². The molecule has 4 rings (SSSR count). The van der Waals surface area contributed by atoms with Crippen molar-refractivity contribution in [2.75, 3.05) is 44.3 Å². The lowest BCUT2D eigenvalue weighted by Crippen LogP contribution is -2.47. The number of hydrogen-bond donors (Lipinski definition) is 0. The van der Waals surface area contributed by atoms with E-state index in [0.29, 0.717) is 19.0 Å². The molecule has 0 radical (unpaired) electrons. The maximum absolute atomic E-state index is 12.8. The predicted octanol–water partition coefficient (Wildman–Crippen LogP) is 2.18. The van der Waals surface area contributed by atoms with E-state index in [4.69, 9.17) is 9.72 Å². The zero-order valence-electron chi connectivity index (χ0n) is 16.4. The van der Waals surface area contributed by atoms with Crippen molar-refractivity contribution < 1.29 is 9.53 Å². The van der Waals surface area contributed by atoms with Gasteiger partial charge < -0.3 is 14.5 Å². The molecule has 0 N–H and O–H groups in total. The molecule has 2 aliphatic rings. The molecule has 0 aromatic carbocycles. The molecule has 0 unspecified atom stereocenters. The largest absolute Gasteiger partial charge is 0.378 e. The highest BCUT2D eigenvalue weighted by Gasteiger charge is 2.30. The topological polar surface area (TPSA) is 71.5 Å². The van der Waals surface area contributed by atoms with Gasteiger partial charge in [-0.15, -0.1) is 0 Å². The van der Waals surface area contributed by atoms with E-state index < -0.39 is 0 Å². The van der Waals surface area contributed by atoms with Crippen LogP contribution in [-0.4, -0.2) is 65.2 Å². The summed E-state index contributed by atoms with van der Waals surface area (Å²) in [5, 5.41) is 0. The lowest BCUT2D eigenvalue weighted by Gasteiger charge is -2.36. The van der Waals surface area contributed by atoms with Crippen LogP contribution in [-0.2, 0) is 16.0 Å². The Morgan fingerprint density at radius 1 is 1.14 bits per heavy atom. The fourth-order valence-electron chi connectivity index (χ4n) is 3.83. The Morgan fingerprint density at radius 2 is 1.93 bits per heavy atom. The van der Waals surface area contributed by atoms with Gasteiger partial charge in [0.25, 0.3) is 0 Å². The second-order valence-corrected chi connectivity index (χ2v) is 7.31. The third-order valence-corrected chi connectivity index (χ3v) is 5.51. The summed E-state index contributed by atoms with van der Waals surface area (Å²) in [4.78, 5) is 30.8. The molecule has 2 aliphatic heterocycles. The smallest absolute Gasteiger partial charge is 0.225 e. The molecule has 2 aromatic heterocycles. The highest BCUT2D eigenvalue weighted by atomic mass is 16.5. The molecular weight excluding hydrogens is 354 g/mol. The fraction of sp³-hybridized carbons (Fsp3) is 0.524. The Balaban J connectivity index is 1.46.